The van der Waals surface area contributed by atoms with Gasteiger partial charge in [0, 0.05) is 11.8 Å². The van der Waals surface area contributed by atoms with Crippen molar-refractivity contribution in [3.05, 3.63) is 17.6 Å². The molecule has 1 aliphatic carbocycles. The number of aryl methyl sites for hydroxylation is 2. The van der Waals surface area contributed by atoms with E-state index in [2.05, 4.69) is 22.1 Å². The van der Waals surface area contributed by atoms with Crippen molar-refractivity contribution in [3.63, 3.8) is 0 Å². The van der Waals surface area contributed by atoms with Gasteiger partial charge in [-0.15, -0.1) is 10.2 Å². The fourth-order valence-electron chi connectivity index (χ4n) is 3.33. The van der Waals surface area contributed by atoms with Crippen LogP contribution in [-0.2, 0) is 14.6 Å². The van der Waals surface area contributed by atoms with Crippen LogP contribution in [0.15, 0.2) is 11.2 Å². The molecule has 0 unspecified atom stereocenters. The van der Waals surface area contributed by atoms with Crippen LogP contribution < -0.4 is 0 Å². The van der Waals surface area contributed by atoms with E-state index in [9.17, 15) is 8.42 Å². The Bertz CT molecular complexity index is 831. The van der Waals surface area contributed by atoms with Crippen molar-refractivity contribution < 1.29 is 13.2 Å². The Hall–Kier alpha value is -1.54. The Labute approximate surface area is 142 Å². The maximum absolute atomic E-state index is 12.6. The highest BCUT2D eigenvalue weighted by Crippen LogP contribution is 2.26. The molecule has 0 aliphatic heterocycles. The molecule has 0 saturated heterocycles. The molecule has 0 aromatic carbocycles. The average Bonchev–Trinajstić information content (AvgIpc) is 2.94. The van der Waals surface area contributed by atoms with Crippen molar-refractivity contribution in [2.24, 2.45) is 5.92 Å². The Morgan fingerprint density at radius 2 is 2.00 bits per heavy atom. The second kappa shape index (κ2) is 6.76. The Kier molecular flexibility index (Phi) is 4.87. The topological polar surface area (TPSA) is 86.5 Å². The summed E-state index contributed by atoms with van der Waals surface area (Å²) in [6.07, 6.45) is 4.71. The van der Waals surface area contributed by atoms with E-state index in [4.69, 9.17) is 4.74 Å². The first kappa shape index (κ1) is 17.3. The van der Waals surface area contributed by atoms with Crippen molar-refractivity contribution in [2.75, 3.05) is 12.4 Å². The third kappa shape index (κ3) is 3.44. The second-order valence-electron chi connectivity index (χ2n) is 6.61. The molecule has 0 amide bonds. The summed E-state index contributed by atoms with van der Waals surface area (Å²) < 4.78 is 32.6. The van der Waals surface area contributed by atoms with Gasteiger partial charge in [0.2, 0.25) is 9.84 Å². The van der Waals surface area contributed by atoms with Crippen LogP contribution in [0.1, 0.15) is 44.1 Å². The van der Waals surface area contributed by atoms with Gasteiger partial charge in [-0.05, 0) is 32.6 Å². The molecule has 0 bridgehead atoms. The van der Waals surface area contributed by atoms with Crippen LogP contribution >= 0.6 is 0 Å². The summed E-state index contributed by atoms with van der Waals surface area (Å²) >= 11 is 0. The van der Waals surface area contributed by atoms with Crippen LogP contribution in [0.25, 0.3) is 5.65 Å². The number of rotatable bonds is 5. The molecule has 3 rings (SSSR count). The van der Waals surface area contributed by atoms with Gasteiger partial charge in [-0.1, -0.05) is 19.8 Å². The molecule has 0 spiro atoms. The fraction of sp³-hybridized carbons (Fsp3) is 0.688. The first-order valence-electron chi connectivity index (χ1n) is 8.42. The van der Waals surface area contributed by atoms with Gasteiger partial charge in [0.1, 0.15) is 5.82 Å². The zero-order valence-electron chi connectivity index (χ0n) is 14.4. The zero-order chi connectivity index (χ0) is 17.3. The van der Waals surface area contributed by atoms with Gasteiger partial charge in [0.05, 0.1) is 18.5 Å². The standard InChI is InChI=1S/C16H24N4O3S/c1-11-6-4-5-7-14(11)23-8-9-24(21,22)16-19-18-15-10-12(2)17-13(3)20(15)16/h10-11,14H,4-9H2,1-3H3/t11-,14-/m0/s1. The first-order chi connectivity index (χ1) is 11.4. The highest BCUT2D eigenvalue weighted by molar-refractivity contribution is 7.91. The highest BCUT2D eigenvalue weighted by atomic mass is 32.2. The molecular formula is C16H24N4O3S. The van der Waals surface area contributed by atoms with E-state index in [1.165, 1.54) is 10.8 Å². The summed E-state index contributed by atoms with van der Waals surface area (Å²) in [6, 6.07) is 1.72. The molecule has 0 N–H and O–H groups in total. The van der Waals surface area contributed by atoms with E-state index in [1.807, 2.05) is 6.92 Å². The molecule has 2 atom stereocenters. The van der Waals surface area contributed by atoms with Gasteiger partial charge >= 0.3 is 0 Å². The molecule has 0 radical (unpaired) electrons. The maximum atomic E-state index is 12.6. The maximum Gasteiger partial charge on any atom is 0.255 e. The van der Waals surface area contributed by atoms with Crippen molar-refractivity contribution in [1.29, 1.82) is 0 Å². The van der Waals surface area contributed by atoms with Gasteiger partial charge in [-0.25, -0.2) is 13.4 Å². The lowest BCUT2D eigenvalue weighted by Gasteiger charge is -2.28. The summed E-state index contributed by atoms with van der Waals surface area (Å²) in [4.78, 5) is 4.30. The molecular weight excluding hydrogens is 328 g/mol. The van der Waals surface area contributed by atoms with E-state index < -0.39 is 9.84 Å². The first-order valence-corrected chi connectivity index (χ1v) is 10.1. The predicted octanol–water partition coefficient (Wildman–Crippen LogP) is 2.11. The number of sulfone groups is 1. The number of hydrogen-bond acceptors (Lipinski definition) is 6. The summed E-state index contributed by atoms with van der Waals surface area (Å²) in [6.45, 7) is 5.95. The van der Waals surface area contributed by atoms with E-state index in [-0.39, 0.29) is 23.6 Å². The number of nitrogens with zero attached hydrogens (tertiary/aromatic N) is 4. The van der Waals surface area contributed by atoms with Crippen LogP contribution in [0.4, 0.5) is 0 Å². The van der Waals surface area contributed by atoms with Gasteiger partial charge < -0.3 is 4.74 Å². The van der Waals surface area contributed by atoms with Crippen molar-refractivity contribution in [3.8, 4) is 0 Å². The number of fused-ring (bicyclic) bond motifs is 1. The third-order valence-electron chi connectivity index (χ3n) is 4.65. The van der Waals surface area contributed by atoms with Crippen LogP contribution in [0, 0.1) is 19.8 Å². The lowest BCUT2D eigenvalue weighted by Crippen LogP contribution is -2.28. The van der Waals surface area contributed by atoms with Gasteiger partial charge in [0.25, 0.3) is 5.16 Å². The second-order valence-corrected chi connectivity index (χ2v) is 8.61. The lowest BCUT2D eigenvalue weighted by molar-refractivity contribution is 0.00299. The predicted molar refractivity (Wildman–Crippen MR) is 89.7 cm³/mol. The Morgan fingerprint density at radius 1 is 1.25 bits per heavy atom. The molecule has 24 heavy (non-hydrogen) atoms. The summed E-state index contributed by atoms with van der Waals surface area (Å²) in [5.41, 5.74) is 1.28. The molecule has 1 aliphatic rings. The molecule has 132 valence electrons. The smallest absolute Gasteiger partial charge is 0.255 e. The molecule has 1 fully saturated rings. The lowest BCUT2D eigenvalue weighted by atomic mass is 9.88. The number of ether oxygens (including phenoxy) is 1. The van der Waals surface area contributed by atoms with E-state index >= 15 is 0 Å². The third-order valence-corrected chi connectivity index (χ3v) is 6.18. The van der Waals surface area contributed by atoms with Gasteiger partial charge in [0.15, 0.2) is 5.65 Å². The van der Waals surface area contributed by atoms with Crippen LogP contribution in [0.3, 0.4) is 0 Å². The fourth-order valence-corrected chi connectivity index (χ4v) is 4.50. The highest BCUT2D eigenvalue weighted by Gasteiger charge is 2.26. The van der Waals surface area contributed by atoms with Crippen molar-refractivity contribution in [1.82, 2.24) is 19.6 Å². The quantitative estimate of drug-likeness (QED) is 0.819. The minimum absolute atomic E-state index is 0.0530. The summed E-state index contributed by atoms with van der Waals surface area (Å²) in [5.74, 6) is 0.963. The van der Waals surface area contributed by atoms with Gasteiger partial charge in [-0.3, -0.25) is 4.40 Å². The van der Waals surface area contributed by atoms with E-state index in [0.717, 1.165) is 25.0 Å². The van der Waals surface area contributed by atoms with Crippen molar-refractivity contribution >= 4 is 15.5 Å². The molecule has 8 heteroatoms. The van der Waals surface area contributed by atoms with Crippen molar-refractivity contribution in [2.45, 2.75) is 57.7 Å². The number of aromatic nitrogens is 4. The normalized spacial score (nSPS) is 22.1. The van der Waals surface area contributed by atoms with Crippen LogP contribution in [0.5, 0.6) is 0 Å². The molecule has 2 aromatic heterocycles. The summed E-state index contributed by atoms with van der Waals surface area (Å²) in [5, 5.41) is 7.80. The van der Waals surface area contributed by atoms with Gasteiger partial charge in [-0.2, -0.15) is 0 Å². The molecule has 7 nitrogen and oxygen atoms in total. The van der Waals surface area contributed by atoms with Crippen LogP contribution in [-0.4, -0.2) is 46.5 Å². The summed E-state index contributed by atoms with van der Waals surface area (Å²) in [7, 11) is -3.57. The Balaban J connectivity index is 1.74. The monoisotopic (exact) mass is 352 g/mol. The SMILES string of the molecule is Cc1cc2nnc(S(=O)(=O)CCO[C@H]3CCCC[C@@H]3C)n2c(C)n1. The molecule has 2 aromatic rings. The average molecular weight is 352 g/mol. The zero-order valence-corrected chi connectivity index (χ0v) is 15.2. The minimum Gasteiger partial charge on any atom is -0.377 e. The Morgan fingerprint density at radius 3 is 2.75 bits per heavy atom. The minimum atomic E-state index is -3.57. The van der Waals surface area contributed by atoms with E-state index in [1.54, 1.807) is 13.0 Å². The largest absolute Gasteiger partial charge is 0.377 e. The molecule has 1 saturated carbocycles. The molecule has 2 heterocycles. The van der Waals surface area contributed by atoms with E-state index in [0.29, 0.717) is 17.4 Å². The van der Waals surface area contributed by atoms with Crippen LogP contribution in [0.2, 0.25) is 0 Å². The number of hydrogen-bond donors (Lipinski definition) is 0.